The molecule has 18 heavy (non-hydrogen) atoms. The predicted octanol–water partition coefficient (Wildman–Crippen LogP) is 3.72. The first-order valence-corrected chi connectivity index (χ1v) is 8.17. The molecule has 0 bridgehead atoms. The van der Waals surface area contributed by atoms with Gasteiger partial charge in [0.15, 0.2) is 0 Å². The van der Waals surface area contributed by atoms with Crippen LogP contribution in [0.1, 0.15) is 53.4 Å². The van der Waals surface area contributed by atoms with Crippen molar-refractivity contribution in [1.82, 2.24) is 0 Å². The Morgan fingerprint density at radius 3 is 2.06 bits per heavy atom. The summed E-state index contributed by atoms with van der Waals surface area (Å²) in [7, 11) is -3.37. The van der Waals surface area contributed by atoms with E-state index in [9.17, 15) is 9.36 Å². The Kier molecular flexibility index (Phi) is 9.34. The molecule has 5 nitrogen and oxygen atoms in total. The molecule has 0 unspecified atom stereocenters. The zero-order chi connectivity index (χ0) is 14.0. The second kappa shape index (κ2) is 9.54. The van der Waals surface area contributed by atoms with E-state index in [1.54, 1.807) is 13.8 Å². The first-order valence-electron chi connectivity index (χ1n) is 6.56. The minimum absolute atomic E-state index is 0.267. The SMILES string of the molecule is CCCCC[C@@H](OC(C)=O)P(=O)(OCC)OCC. The van der Waals surface area contributed by atoms with Gasteiger partial charge in [-0.25, -0.2) is 0 Å². The third-order valence-corrected chi connectivity index (χ3v) is 4.63. The van der Waals surface area contributed by atoms with Crippen LogP contribution in [0.5, 0.6) is 0 Å². The lowest BCUT2D eigenvalue weighted by Crippen LogP contribution is -2.20. The highest BCUT2D eigenvalue weighted by Gasteiger charge is 2.37. The van der Waals surface area contributed by atoms with Crippen molar-refractivity contribution in [2.24, 2.45) is 0 Å². The molecule has 0 amide bonds. The Labute approximate surface area is 110 Å². The maximum Gasteiger partial charge on any atom is 0.370 e. The monoisotopic (exact) mass is 280 g/mol. The van der Waals surface area contributed by atoms with Crippen molar-refractivity contribution >= 4 is 13.6 Å². The Hall–Kier alpha value is -0.380. The zero-order valence-electron chi connectivity index (χ0n) is 11.8. The van der Waals surface area contributed by atoms with Crippen molar-refractivity contribution in [3.8, 4) is 0 Å². The van der Waals surface area contributed by atoms with Crippen LogP contribution in [0.2, 0.25) is 0 Å². The molecule has 108 valence electrons. The van der Waals surface area contributed by atoms with Crippen LogP contribution in [0.15, 0.2) is 0 Å². The van der Waals surface area contributed by atoms with Gasteiger partial charge in [0.25, 0.3) is 0 Å². The number of rotatable bonds is 10. The van der Waals surface area contributed by atoms with Gasteiger partial charge in [0, 0.05) is 6.92 Å². The predicted molar refractivity (Wildman–Crippen MR) is 70.6 cm³/mol. The van der Waals surface area contributed by atoms with E-state index >= 15 is 0 Å². The first-order chi connectivity index (χ1) is 8.50. The van der Waals surface area contributed by atoms with E-state index < -0.39 is 19.4 Å². The standard InChI is InChI=1S/C12H25O5P/c1-5-8-9-10-12(17-11(4)13)18(14,15-6-2)16-7-3/h12H,5-10H2,1-4H3/t12-/m0/s1. The highest BCUT2D eigenvalue weighted by atomic mass is 31.2. The van der Waals surface area contributed by atoms with Crippen LogP contribution in [-0.2, 0) is 23.1 Å². The molecule has 0 saturated carbocycles. The third-order valence-electron chi connectivity index (χ3n) is 2.33. The van der Waals surface area contributed by atoms with Crippen LogP contribution >= 0.6 is 7.60 Å². The highest BCUT2D eigenvalue weighted by Crippen LogP contribution is 2.55. The van der Waals surface area contributed by atoms with Crippen molar-refractivity contribution in [1.29, 1.82) is 0 Å². The molecule has 6 heteroatoms. The maximum absolute atomic E-state index is 12.5. The summed E-state index contributed by atoms with van der Waals surface area (Å²) in [6, 6.07) is 0. The summed E-state index contributed by atoms with van der Waals surface area (Å²) in [5.74, 6) is -1.25. The minimum atomic E-state index is -3.37. The van der Waals surface area contributed by atoms with Gasteiger partial charge >= 0.3 is 13.6 Å². The molecule has 0 rings (SSSR count). The Balaban J connectivity index is 4.73. The molecule has 0 aliphatic rings. The van der Waals surface area contributed by atoms with E-state index in [0.29, 0.717) is 6.42 Å². The molecule has 0 fully saturated rings. The average molecular weight is 280 g/mol. The minimum Gasteiger partial charge on any atom is -0.450 e. The fourth-order valence-electron chi connectivity index (χ4n) is 1.61. The quantitative estimate of drug-likeness (QED) is 0.347. The van der Waals surface area contributed by atoms with Gasteiger partial charge in [-0.15, -0.1) is 0 Å². The van der Waals surface area contributed by atoms with Gasteiger partial charge in [-0.2, -0.15) is 0 Å². The topological polar surface area (TPSA) is 61.8 Å². The molecule has 0 aromatic heterocycles. The molecule has 0 saturated heterocycles. The molecule has 0 aromatic rings. The zero-order valence-corrected chi connectivity index (χ0v) is 12.7. The number of carbonyl (C=O) groups is 1. The molecule has 0 N–H and O–H groups in total. The van der Waals surface area contributed by atoms with Gasteiger partial charge in [0.1, 0.15) is 0 Å². The van der Waals surface area contributed by atoms with Gasteiger partial charge < -0.3 is 13.8 Å². The van der Waals surface area contributed by atoms with Crippen molar-refractivity contribution in [3.63, 3.8) is 0 Å². The Bertz CT molecular complexity index is 270. The lowest BCUT2D eigenvalue weighted by Gasteiger charge is -2.25. The summed E-state index contributed by atoms with van der Waals surface area (Å²) in [6.45, 7) is 7.39. The van der Waals surface area contributed by atoms with Crippen LogP contribution in [0, 0.1) is 0 Å². The van der Waals surface area contributed by atoms with Crippen LogP contribution in [0.4, 0.5) is 0 Å². The number of hydrogen-bond acceptors (Lipinski definition) is 5. The van der Waals surface area contributed by atoms with Gasteiger partial charge in [0.2, 0.25) is 5.85 Å². The second-order valence-corrected chi connectivity index (χ2v) is 6.11. The van der Waals surface area contributed by atoms with Crippen LogP contribution in [0.25, 0.3) is 0 Å². The fraction of sp³-hybridized carbons (Fsp3) is 0.917. The van der Waals surface area contributed by atoms with Gasteiger partial charge in [-0.3, -0.25) is 9.36 Å². The maximum atomic E-state index is 12.5. The molecule has 0 heterocycles. The van der Waals surface area contributed by atoms with Crippen molar-refractivity contribution in [3.05, 3.63) is 0 Å². The van der Waals surface area contributed by atoms with E-state index in [0.717, 1.165) is 19.3 Å². The smallest absolute Gasteiger partial charge is 0.370 e. The molecule has 0 aliphatic heterocycles. The van der Waals surface area contributed by atoms with Crippen LogP contribution in [-0.4, -0.2) is 25.0 Å². The Morgan fingerprint density at radius 1 is 1.11 bits per heavy atom. The Morgan fingerprint density at radius 2 is 1.67 bits per heavy atom. The number of carbonyl (C=O) groups excluding carboxylic acids is 1. The molecule has 0 aromatic carbocycles. The number of unbranched alkanes of at least 4 members (excludes halogenated alkanes) is 2. The van der Waals surface area contributed by atoms with E-state index in [1.807, 2.05) is 0 Å². The van der Waals surface area contributed by atoms with E-state index in [-0.39, 0.29) is 13.2 Å². The van der Waals surface area contributed by atoms with Gasteiger partial charge in [-0.05, 0) is 26.7 Å². The average Bonchev–Trinajstić information content (AvgIpc) is 2.28. The van der Waals surface area contributed by atoms with Crippen molar-refractivity contribution in [2.75, 3.05) is 13.2 Å². The summed E-state index contributed by atoms with van der Waals surface area (Å²) in [5.41, 5.74) is 0. The number of esters is 1. The molecule has 0 radical (unpaired) electrons. The van der Waals surface area contributed by atoms with Crippen LogP contribution < -0.4 is 0 Å². The second-order valence-electron chi connectivity index (χ2n) is 3.94. The van der Waals surface area contributed by atoms with Gasteiger partial charge in [-0.1, -0.05) is 19.8 Å². The summed E-state index contributed by atoms with van der Waals surface area (Å²) in [4.78, 5) is 11.1. The lowest BCUT2D eigenvalue weighted by molar-refractivity contribution is -0.144. The molecule has 1 atom stereocenters. The fourth-order valence-corrected chi connectivity index (χ4v) is 3.51. The van der Waals surface area contributed by atoms with Crippen LogP contribution in [0.3, 0.4) is 0 Å². The van der Waals surface area contributed by atoms with E-state index in [1.165, 1.54) is 6.92 Å². The number of ether oxygens (including phenoxy) is 1. The first kappa shape index (κ1) is 17.6. The lowest BCUT2D eigenvalue weighted by atomic mass is 10.2. The largest absolute Gasteiger partial charge is 0.450 e. The molecule has 0 aliphatic carbocycles. The van der Waals surface area contributed by atoms with Gasteiger partial charge in [0.05, 0.1) is 13.2 Å². The summed E-state index contributed by atoms with van der Waals surface area (Å²) >= 11 is 0. The summed E-state index contributed by atoms with van der Waals surface area (Å²) in [6.07, 6.45) is 3.37. The highest BCUT2D eigenvalue weighted by molar-refractivity contribution is 7.54. The van der Waals surface area contributed by atoms with Crippen molar-refractivity contribution in [2.45, 2.75) is 59.2 Å². The third kappa shape index (κ3) is 6.53. The molecule has 0 spiro atoms. The van der Waals surface area contributed by atoms with E-state index in [4.69, 9.17) is 13.8 Å². The number of hydrogen-bond donors (Lipinski definition) is 0. The van der Waals surface area contributed by atoms with Crippen molar-refractivity contribution < 1.29 is 23.1 Å². The summed E-state index contributed by atoms with van der Waals surface area (Å²) < 4.78 is 28.1. The normalized spacial score (nSPS) is 13.3. The molecular weight excluding hydrogens is 255 g/mol. The molecular formula is C12H25O5P. The van der Waals surface area contributed by atoms with E-state index in [2.05, 4.69) is 6.92 Å². The summed E-state index contributed by atoms with van der Waals surface area (Å²) in [5, 5.41) is 0.